The molecule has 0 aliphatic rings. The van der Waals surface area contributed by atoms with Gasteiger partial charge in [0.25, 0.3) is 5.56 Å². The lowest BCUT2D eigenvalue weighted by molar-refractivity contribution is 0.0695. The molecule has 0 saturated heterocycles. The maximum Gasteiger partial charge on any atom is 0.337 e. The van der Waals surface area contributed by atoms with Gasteiger partial charge in [-0.15, -0.1) is 0 Å². The van der Waals surface area contributed by atoms with E-state index in [1.807, 2.05) is 13.8 Å². The molecule has 1 heterocycles. The topological polar surface area (TPSA) is 59.3 Å². The molecule has 1 rings (SSSR count). The number of aromatic carboxylic acids is 1. The Morgan fingerprint density at radius 3 is 2.71 bits per heavy atom. The fourth-order valence-electron chi connectivity index (χ4n) is 1.17. The Morgan fingerprint density at radius 1 is 1.57 bits per heavy atom. The van der Waals surface area contributed by atoms with E-state index in [0.29, 0.717) is 0 Å². The van der Waals surface area contributed by atoms with Crippen LogP contribution in [0.4, 0.5) is 0 Å². The minimum absolute atomic E-state index is 0.0294. The summed E-state index contributed by atoms with van der Waals surface area (Å²) >= 11 is 0. The Morgan fingerprint density at radius 2 is 2.21 bits per heavy atom. The summed E-state index contributed by atoms with van der Waals surface area (Å²) in [6.07, 6.45) is 2.18. The summed E-state index contributed by atoms with van der Waals surface area (Å²) in [7, 11) is 0. The van der Waals surface area contributed by atoms with Crippen LogP contribution in [0.3, 0.4) is 0 Å². The maximum atomic E-state index is 11.4. The summed E-state index contributed by atoms with van der Waals surface area (Å²) in [5.41, 5.74) is -0.0192. The number of rotatable bonds is 3. The van der Waals surface area contributed by atoms with Crippen LogP contribution in [-0.2, 0) is 0 Å². The van der Waals surface area contributed by atoms with E-state index in [0.717, 1.165) is 6.42 Å². The van der Waals surface area contributed by atoms with Crippen LogP contribution < -0.4 is 5.56 Å². The number of carboxylic acid groups (broad SMARTS) is 1. The average molecular weight is 195 g/mol. The number of hydrogen-bond donors (Lipinski definition) is 1. The van der Waals surface area contributed by atoms with Crippen molar-refractivity contribution in [2.24, 2.45) is 0 Å². The van der Waals surface area contributed by atoms with Crippen molar-refractivity contribution < 1.29 is 9.90 Å². The van der Waals surface area contributed by atoms with E-state index >= 15 is 0 Å². The highest BCUT2D eigenvalue weighted by Crippen LogP contribution is 2.07. The van der Waals surface area contributed by atoms with Gasteiger partial charge in [0.1, 0.15) is 0 Å². The molecule has 76 valence electrons. The van der Waals surface area contributed by atoms with Crippen molar-refractivity contribution in [2.75, 3.05) is 0 Å². The lowest BCUT2D eigenvalue weighted by Crippen LogP contribution is -2.22. The molecule has 0 radical (unpaired) electrons. The summed E-state index contributed by atoms with van der Waals surface area (Å²) in [6, 6.07) is 2.64. The molecule has 0 bridgehead atoms. The van der Waals surface area contributed by atoms with Crippen LogP contribution >= 0.6 is 0 Å². The maximum absolute atomic E-state index is 11.4. The third kappa shape index (κ3) is 2.02. The summed E-state index contributed by atoms with van der Waals surface area (Å²) in [6.45, 7) is 3.83. The first-order valence-electron chi connectivity index (χ1n) is 4.51. The van der Waals surface area contributed by atoms with Crippen LogP contribution in [0.1, 0.15) is 36.7 Å². The van der Waals surface area contributed by atoms with Gasteiger partial charge in [0.15, 0.2) is 0 Å². The van der Waals surface area contributed by atoms with Gasteiger partial charge in [0, 0.05) is 18.3 Å². The zero-order chi connectivity index (χ0) is 10.7. The van der Waals surface area contributed by atoms with E-state index in [1.54, 1.807) is 0 Å². The number of aromatic nitrogens is 1. The van der Waals surface area contributed by atoms with Gasteiger partial charge < -0.3 is 9.67 Å². The highest BCUT2D eigenvalue weighted by atomic mass is 16.4. The predicted molar refractivity (Wildman–Crippen MR) is 52.7 cm³/mol. The van der Waals surface area contributed by atoms with Gasteiger partial charge in [-0.25, -0.2) is 4.79 Å². The molecular formula is C10H13NO3. The van der Waals surface area contributed by atoms with Crippen LogP contribution in [0.5, 0.6) is 0 Å². The smallest absolute Gasteiger partial charge is 0.337 e. The lowest BCUT2D eigenvalue weighted by atomic mass is 10.2. The van der Waals surface area contributed by atoms with Crippen molar-refractivity contribution in [3.05, 3.63) is 34.2 Å². The van der Waals surface area contributed by atoms with Crippen LogP contribution in [0.15, 0.2) is 23.1 Å². The third-order valence-electron chi connectivity index (χ3n) is 2.25. The van der Waals surface area contributed by atoms with Crippen molar-refractivity contribution >= 4 is 5.97 Å². The van der Waals surface area contributed by atoms with Crippen LogP contribution in [-0.4, -0.2) is 15.6 Å². The molecular weight excluding hydrogens is 182 g/mol. The molecule has 1 aromatic heterocycles. The Balaban J connectivity index is 3.21. The normalized spacial score (nSPS) is 12.4. The van der Waals surface area contributed by atoms with Crippen molar-refractivity contribution in [2.45, 2.75) is 26.3 Å². The first kappa shape index (κ1) is 10.5. The molecule has 0 aliphatic carbocycles. The Labute approximate surface area is 81.8 Å². The van der Waals surface area contributed by atoms with Gasteiger partial charge in [0.05, 0.1) is 5.56 Å². The molecule has 1 N–H and O–H groups in total. The lowest BCUT2D eigenvalue weighted by Gasteiger charge is -2.12. The van der Waals surface area contributed by atoms with Gasteiger partial charge in [-0.1, -0.05) is 6.92 Å². The second-order valence-electron chi connectivity index (χ2n) is 3.23. The summed E-state index contributed by atoms with van der Waals surface area (Å²) < 4.78 is 1.45. The average Bonchev–Trinajstić information content (AvgIpc) is 2.17. The quantitative estimate of drug-likeness (QED) is 0.795. The fourth-order valence-corrected chi connectivity index (χ4v) is 1.17. The first-order valence-corrected chi connectivity index (χ1v) is 4.51. The minimum atomic E-state index is -1.01. The molecule has 0 amide bonds. The van der Waals surface area contributed by atoms with E-state index < -0.39 is 5.97 Å². The molecule has 4 heteroatoms. The molecule has 0 saturated carbocycles. The number of nitrogens with zero attached hydrogens (tertiary/aromatic N) is 1. The van der Waals surface area contributed by atoms with Gasteiger partial charge >= 0.3 is 5.97 Å². The Kier molecular flexibility index (Phi) is 3.06. The molecule has 14 heavy (non-hydrogen) atoms. The van der Waals surface area contributed by atoms with E-state index in [9.17, 15) is 9.59 Å². The second kappa shape index (κ2) is 4.09. The molecule has 1 atom stereocenters. The van der Waals surface area contributed by atoms with Gasteiger partial charge in [-0.3, -0.25) is 4.79 Å². The SMILES string of the molecule is CCC(C)n1cc(C(=O)O)ccc1=O. The summed E-state index contributed by atoms with van der Waals surface area (Å²) in [5.74, 6) is -1.01. The van der Waals surface area contributed by atoms with Crippen molar-refractivity contribution in [1.82, 2.24) is 4.57 Å². The molecule has 0 aliphatic heterocycles. The Bertz CT molecular complexity index is 395. The molecule has 0 spiro atoms. The predicted octanol–water partition coefficient (Wildman–Crippen LogP) is 1.52. The molecule has 0 aromatic carbocycles. The zero-order valence-electron chi connectivity index (χ0n) is 8.23. The largest absolute Gasteiger partial charge is 0.478 e. The van der Waals surface area contributed by atoms with Crippen molar-refractivity contribution in [3.8, 4) is 0 Å². The molecule has 0 fully saturated rings. The monoisotopic (exact) mass is 195 g/mol. The molecule has 4 nitrogen and oxygen atoms in total. The highest BCUT2D eigenvalue weighted by molar-refractivity contribution is 5.87. The van der Waals surface area contributed by atoms with E-state index in [4.69, 9.17) is 5.11 Å². The van der Waals surface area contributed by atoms with Crippen LogP contribution in [0.2, 0.25) is 0 Å². The minimum Gasteiger partial charge on any atom is -0.478 e. The van der Waals surface area contributed by atoms with Crippen molar-refractivity contribution in [3.63, 3.8) is 0 Å². The third-order valence-corrected chi connectivity index (χ3v) is 2.25. The second-order valence-corrected chi connectivity index (χ2v) is 3.23. The Hall–Kier alpha value is -1.58. The molecule has 1 unspecified atom stereocenters. The van der Waals surface area contributed by atoms with Crippen molar-refractivity contribution in [1.29, 1.82) is 0 Å². The van der Waals surface area contributed by atoms with Gasteiger partial charge in [-0.2, -0.15) is 0 Å². The standard InChI is InChI=1S/C10H13NO3/c1-3-7(2)11-6-8(10(13)14)4-5-9(11)12/h4-7H,3H2,1-2H3,(H,13,14). The van der Waals surface area contributed by atoms with Gasteiger partial charge in [0.2, 0.25) is 0 Å². The number of hydrogen-bond acceptors (Lipinski definition) is 2. The highest BCUT2D eigenvalue weighted by Gasteiger charge is 2.08. The summed E-state index contributed by atoms with van der Waals surface area (Å²) in [5, 5.41) is 8.74. The molecule has 1 aromatic rings. The van der Waals surface area contributed by atoms with Gasteiger partial charge in [-0.05, 0) is 19.4 Å². The number of carboxylic acids is 1. The van der Waals surface area contributed by atoms with E-state index in [2.05, 4.69) is 0 Å². The van der Waals surface area contributed by atoms with E-state index in [-0.39, 0.29) is 17.2 Å². The number of carbonyl (C=O) groups is 1. The number of pyridine rings is 1. The zero-order valence-corrected chi connectivity index (χ0v) is 8.23. The van der Waals surface area contributed by atoms with Crippen LogP contribution in [0, 0.1) is 0 Å². The first-order chi connectivity index (χ1) is 6.56. The summed E-state index contributed by atoms with van der Waals surface area (Å²) in [4.78, 5) is 22.0. The van der Waals surface area contributed by atoms with Crippen LogP contribution in [0.25, 0.3) is 0 Å². The fraction of sp³-hybridized carbons (Fsp3) is 0.400. The van der Waals surface area contributed by atoms with E-state index in [1.165, 1.54) is 22.9 Å².